The highest BCUT2D eigenvalue weighted by atomic mass is 16.6. The van der Waals surface area contributed by atoms with Crippen LogP contribution in [0.5, 0.6) is 11.6 Å². The summed E-state index contributed by atoms with van der Waals surface area (Å²) in [5.41, 5.74) is 0.231. The number of oxime groups is 1. The lowest BCUT2D eigenvalue weighted by Gasteiger charge is -2.14. The quantitative estimate of drug-likeness (QED) is 0.650. The monoisotopic (exact) mass is 343 g/mol. The number of carbonyl (C=O) groups is 2. The van der Waals surface area contributed by atoms with Gasteiger partial charge in [0.15, 0.2) is 5.71 Å². The van der Waals surface area contributed by atoms with E-state index in [2.05, 4.69) is 20.4 Å². The Bertz CT molecular complexity index is 777. The van der Waals surface area contributed by atoms with Crippen molar-refractivity contribution in [3.63, 3.8) is 0 Å². The van der Waals surface area contributed by atoms with E-state index in [0.29, 0.717) is 17.2 Å². The largest absolute Gasteiger partial charge is 0.438 e. The SMILES string of the molecule is CO/N=C(/C(=O)NC(=O)N(C)C)c1ccccc1Oc1ccncn1. The van der Waals surface area contributed by atoms with Crippen molar-refractivity contribution in [2.75, 3.05) is 21.2 Å². The third-order valence-electron chi connectivity index (χ3n) is 2.94. The maximum Gasteiger partial charge on any atom is 0.323 e. The number of para-hydroxylation sites is 1. The van der Waals surface area contributed by atoms with Gasteiger partial charge >= 0.3 is 6.03 Å². The highest BCUT2D eigenvalue weighted by Crippen LogP contribution is 2.24. The third kappa shape index (κ3) is 4.74. The van der Waals surface area contributed by atoms with Gasteiger partial charge in [0.05, 0.1) is 5.56 Å². The van der Waals surface area contributed by atoms with Crippen molar-refractivity contribution in [1.82, 2.24) is 20.2 Å². The van der Waals surface area contributed by atoms with E-state index < -0.39 is 11.9 Å². The summed E-state index contributed by atoms with van der Waals surface area (Å²) in [6.07, 6.45) is 2.86. The van der Waals surface area contributed by atoms with E-state index in [9.17, 15) is 9.59 Å². The summed E-state index contributed by atoms with van der Waals surface area (Å²) in [4.78, 5) is 37.9. The molecule has 9 heteroatoms. The number of imide groups is 1. The van der Waals surface area contributed by atoms with Crippen molar-refractivity contribution in [2.24, 2.45) is 5.16 Å². The highest BCUT2D eigenvalue weighted by molar-refractivity contribution is 6.47. The second-order valence-corrected chi connectivity index (χ2v) is 4.92. The summed E-state index contributed by atoms with van der Waals surface area (Å²) in [5.74, 6) is -0.104. The zero-order chi connectivity index (χ0) is 18.2. The molecular formula is C16H17N5O4. The molecule has 130 valence electrons. The standard InChI is InChI=1S/C16H17N5O4/c1-21(2)16(23)19-15(22)14(20-24-3)11-6-4-5-7-12(11)25-13-8-9-17-10-18-13/h4-10H,1-3H3,(H,19,22,23)/b20-14+. The zero-order valence-electron chi connectivity index (χ0n) is 14.0. The number of amides is 3. The van der Waals surface area contributed by atoms with Gasteiger partial charge in [-0.05, 0) is 12.1 Å². The van der Waals surface area contributed by atoms with Crippen LogP contribution in [0.25, 0.3) is 0 Å². The Morgan fingerprint density at radius 2 is 1.96 bits per heavy atom. The van der Waals surface area contributed by atoms with E-state index in [1.807, 2.05) is 0 Å². The average Bonchev–Trinajstić information content (AvgIpc) is 2.61. The first kappa shape index (κ1) is 17.9. The lowest BCUT2D eigenvalue weighted by molar-refractivity contribution is -0.114. The first-order valence-corrected chi connectivity index (χ1v) is 7.20. The molecule has 1 N–H and O–H groups in total. The molecule has 3 amide bonds. The number of ether oxygens (including phenoxy) is 1. The van der Waals surface area contributed by atoms with Gasteiger partial charge in [-0.1, -0.05) is 17.3 Å². The van der Waals surface area contributed by atoms with Crippen LogP contribution < -0.4 is 10.1 Å². The highest BCUT2D eigenvalue weighted by Gasteiger charge is 2.22. The van der Waals surface area contributed by atoms with Crippen LogP contribution in [0.4, 0.5) is 4.79 Å². The lowest BCUT2D eigenvalue weighted by atomic mass is 10.1. The molecule has 0 fully saturated rings. The van der Waals surface area contributed by atoms with E-state index in [1.54, 1.807) is 30.3 Å². The molecule has 0 aliphatic rings. The third-order valence-corrected chi connectivity index (χ3v) is 2.94. The van der Waals surface area contributed by atoms with Crippen molar-refractivity contribution in [3.05, 3.63) is 48.4 Å². The van der Waals surface area contributed by atoms with Crippen LogP contribution >= 0.6 is 0 Å². The molecule has 25 heavy (non-hydrogen) atoms. The number of aromatic nitrogens is 2. The van der Waals surface area contributed by atoms with Crippen molar-refractivity contribution in [3.8, 4) is 11.6 Å². The summed E-state index contributed by atoms with van der Waals surface area (Å²) in [6.45, 7) is 0. The number of nitrogens with zero attached hydrogens (tertiary/aromatic N) is 4. The fraction of sp³-hybridized carbons (Fsp3) is 0.188. The number of carbonyl (C=O) groups excluding carboxylic acids is 2. The van der Waals surface area contributed by atoms with E-state index in [4.69, 9.17) is 9.57 Å². The molecule has 0 aliphatic carbocycles. The summed E-state index contributed by atoms with van der Waals surface area (Å²) in [6, 6.07) is 7.68. The Hall–Kier alpha value is -3.49. The van der Waals surface area contributed by atoms with Gasteiger partial charge in [-0.15, -0.1) is 0 Å². The Morgan fingerprint density at radius 1 is 1.20 bits per heavy atom. The molecule has 0 bridgehead atoms. The molecule has 0 aliphatic heterocycles. The van der Waals surface area contributed by atoms with Crippen LogP contribution in [-0.2, 0) is 9.63 Å². The molecule has 2 aromatic rings. The van der Waals surface area contributed by atoms with Gasteiger partial charge in [-0.2, -0.15) is 0 Å². The molecule has 0 atom stereocenters. The van der Waals surface area contributed by atoms with Crippen LogP contribution in [0.15, 0.2) is 48.0 Å². The Kier molecular flexibility index (Phi) is 5.99. The molecule has 0 unspecified atom stereocenters. The maximum atomic E-state index is 12.4. The molecule has 0 radical (unpaired) electrons. The number of benzene rings is 1. The van der Waals surface area contributed by atoms with Gasteiger partial charge in [0.2, 0.25) is 5.88 Å². The lowest BCUT2D eigenvalue weighted by Crippen LogP contribution is -2.42. The van der Waals surface area contributed by atoms with Gasteiger partial charge < -0.3 is 14.5 Å². The minimum absolute atomic E-state index is 0.109. The number of urea groups is 1. The van der Waals surface area contributed by atoms with E-state index in [1.165, 1.54) is 38.6 Å². The van der Waals surface area contributed by atoms with E-state index >= 15 is 0 Å². The summed E-state index contributed by atoms with van der Waals surface area (Å²) in [7, 11) is 4.33. The van der Waals surface area contributed by atoms with Crippen molar-refractivity contribution in [2.45, 2.75) is 0 Å². The van der Waals surface area contributed by atoms with Gasteiger partial charge in [-0.3, -0.25) is 10.1 Å². The van der Waals surface area contributed by atoms with Crippen LogP contribution in [0, 0.1) is 0 Å². The normalized spacial score (nSPS) is 10.8. The second-order valence-electron chi connectivity index (χ2n) is 4.92. The molecule has 0 saturated carbocycles. The molecule has 0 spiro atoms. The van der Waals surface area contributed by atoms with Crippen LogP contribution in [-0.4, -0.2) is 53.7 Å². The number of nitrogens with one attached hydrogen (secondary N) is 1. The molecule has 2 rings (SSSR count). The minimum atomic E-state index is -0.723. The van der Waals surface area contributed by atoms with E-state index in [0.717, 1.165) is 0 Å². The van der Waals surface area contributed by atoms with E-state index in [-0.39, 0.29) is 5.71 Å². The predicted octanol–water partition coefficient (Wildman–Crippen LogP) is 1.42. The fourth-order valence-corrected chi connectivity index (χ4v) is 1.78. The molecule has 0 saturated heterocycles. The van der Waals surface area contributed by atoms with Crippen LogP contribution in [0.1, 0.15) is 5.56 Å². The van der Waals surface area contributed by atoms with Crippen molar-refractivity contribution >= 4 is 17.6 Å². The molecule has 1 heterocycles. The summed E-state index contributed by atoms with van der Waals surface area (Å²) < 4.78 is 5.68. The number of hydrogen-bond acceptors (Lipinski definition) is 7. The predicted molar refractivity (Wildman–Crippen MR) is 89.3 cm³/mol. The number of rotatable bonds is 5. The van der Waals surface area contributed by atoms with Crippen LogP contribution in [0.3, 0.4) is 0 Å². The average molecular weight is 343 g/mol. The van der Waals surface area contributed by atoms with Crippen molar-refractivity contribution < 1.29 is 19.2 Å². The molecular weight excluding hydrogens is 326 g/mol. The Balaban J connectivity index is 2.34. The number of hydrogen-bond donors (Lipinski definition) is 1. The molecule has 1 aromatic carbocycles. The maximum absolute atomic E-state index is 12.4. The molecule has 9 nitrogen and oxygen atoms in total. The Labute approximate surface area is 144 Å². The van der Waals surface area contributed by atoms with Crippen molar-refractivity contribution in [1.29, 1.82) is 0 Å². The first-order chi connectivity index (χ1) is 12.0. The summed E-state index contributed by atoms with van der Waals surface area (Å²) >= 11 is 0. The minimum Gasteiger partial charge on any atom is -0.438 e. The van der Waals surface area contributed by atoms with Gasteiger partial charge in [0.25, 0.3) is 5.91 Å². The van der Waals surface area contributed by atoms with Gasteiger partial charge in [0, 0.05) is 26.4 Å². The first-order valence-electron chi connectivity index (χ1n) is 7.20. The zero-order valence-corrected chi connectivity index (χ0v) is 14.0. The summed E-state index contributed by atoms with van der Waals surface area (Å²) in [5, 5.41) is 5.94. The van der Waals surface area contributed by atoms with Gasteiger partial charge in [0.1, 0.15) is 19.2 Å². The smallest absolute Gasteiger partial charge is 0.323 e. The van der Waals surface area contributed by atoms with Gasteiger partial charge in [-0.25, -0.2) is 14.8 Å². The second kappa shape index (κ2) is 8.39. The molecule has 1 aromatic heterocycles. The Morgan fingerprint density at radius 3 is 2.60 bits per heavy atom. The topological polar surface area (TPSA) is 106 Å². The fourth-order valence-electron chi connectivity index (χ4n) is 1.78. The van der Waals surface area contributed by atoms with Crippen LogP contribution in [0.2, 0.25) is 0 Å².